The van der Waals surface area contributed by atoms with Gasteiger partial charge < -0.3 is 14.4 Å². The summed E-state index contributed by atoms with van der Waals surface area (Å²) in [6.45, 7) is 3.12. The standard InChI is InChI=1S/C26H26ClN3O5S/c27-21-7-9-23(10-8-21)36(32,33)30(22-4-2-1-3-5-22)18-26(31)29-14-12-28(13-15-29)17-20-6-11-24-25(16-20)35-19-34-24/h1-11,16H,12-15,17-19H2. The molecular weight excluding hydrogens is 502 g/mol. The first-order valence-electron chi connectivity index (χ1n) is 11.6. The molecule has 0 spiro atoms. The molecule has 0 saturated carbocycles. The van der Waals surface area contributed by atoms with E-state index in [4.69, 9.17) is 21.1 Å². The van der Waals surface area contributed by atoms with E-state index in [2.05, 4.69) is 4.90 Å². The van der Waals surface area contributed by atoms with E-state index < -0.39 is 10.0 Å². The number of anilines is 1. The van der Waals surface area contributed by atoms with E-state index in [1.54, 1.807) is 35.2 Å². The van der Waals surface area contributed by atoms with E-state index in [1.807, 2.05) is 18.2 Å². The Bertz CT molecular complexity index is 1330. The summed E-state index contributed by atoms with van der Waals surface area (Å²) in [7, 11) is -3.97. The fraction of sp³-hybridized carbons (Fsp3) is 0.269. The molecule has 0 unspecified atom stereocenters. The van der Waals surface area contributed by atoms with E-state index >= 15 is 0 Å². The Labute approximate surface area is 215 Å². The van der Waals surface area contributed by atoms with Gasteiger partial charge in [0.05, 0.1) is 10.6 Å². The number of carbonyl (C=O) groups is 1. The Kier molecular flexibility index (Phi) is 7.04. The molecular formula is C26H26ClN3O5S. The van der Waals surface area contributed by atoms with Crippen molar-refractivity contribution in [2.75, 3.05) is 43.8 Å². The van der Waals surface area contributed by atoms with Gasteiger partial charge in [-0.25, -0.2) is 8.42 Å². The second kappa shape index (κ2) is 10.4. The Morgan fingerprint density at radius 3 is 2.31 bits per heavy atom. The molecule has 1 fully saturated rings. The third-order valence-corrected chi connectivity index (χ3v) is 8.33. The largest absolute Gasteiger partial charge is 0.454 e. The molecule has 10 heteroatoms. The highest BCUT2D eigenvalue weighted by Crippen LogP contribution is 2.33. The first-order chi connectivity index (χ1) is 17.4. The minimum absolute atomic E-state index is 0.0806. The molecule has 5 rings (SSSR count). The number of ether oxygens (including phenoxy) is 2. The van der Waals surface area contributed by atoms with Gasteiger partial charge in [0, 0.05) is 37.7 Å². The van der Waals surface area contributed by atoms with Gasteiger partial charge in [-0.2, -0.15) is 0 Å². The summed E-state index contributed by atoms with van der Waals surface area (Å²) in [6, 6.07) is 20.5. The van der Waals surface area contributed by atoms with Crippen molar-refractivity contribution in [3.05, 3.63) is 83.4 Å². The molecule has 1 amide bonds. The van der Waals surface area contributed by atoms with Crippen molar-refractivity contribution in [2.24, 2.45) is 0 Å². The highest BCUT2D eigenvalue weighted by atomic mass is 35.5. The van der Waals surface area contributed by atoms with Crippen LogP contribution in [-0.2, 0) is 21.4 Å². The number of amides is 1. The number of fused-ring (bicyclic) bond motifs is 1. The number of nitrogens with zero attached hydrogens (tertiary/aromatic N) is 3. The van der Waals surface area contributed by atoms with Crippen molar-refractivity contribution in [1.82, 2.24) is 9.80 Å². The Hall–Kier alpha value is -3.27. The smallest absolute Gasteiger partial charge is 0.264 e. The average Bonchev–Trinajstić information content (AvgIpc) is 3.36. The van der Waals surface area contributed by atoms with Gasteiger partial charge in [-0.05, 0) is 54.1 Å². The summed E-state index contributed by atoms with van der Waals surface area (Å²) in [5.74, 6) is 1.27. The van der Waals surface area contributed by atoms with Gasteiger partial charge in [-0.3, -0.25) is 14.0 Å². The molecule has 3 aromatic rings. The summed E-state index contributed by atoms with van der Waals surface area (Å²) in [4.78, 5) is 17.3. The van der Waals surface area contributed by atoms with E-state index in [0.29, 0.717) is 36.9 Å². The van der Waals surface area contributed by atoms with E-state index in [-0.39, 0.29) is 24.1 Å². The number of carbonyl (C=O) groups excluding carboxylic acids is 1. The summed E-state index contributed by atoms with van der Waals surface area (Å²) < 4.78 is 39.0. The molecule has 0 aliphatic carbocycles. The fourth-order valence-corrected chi connectivity index (χ4v) is 5.86. The lowest BCUT2D eigenvalue weighted by Gasteiger charge is -2.36. The Morgan fingerprint density at radius 2 is 1.58 bits per heavy atom. The lowest BCUT2D eigenvalue weighted by Crippen LogP contribution is -2.51. The van der Waals surface area contributed by atoms with Crippen LogP contribution in [0.4, 0.5) is 5.69 Å². The monoisotopic (exact) mass is 527 g/mol. The van der Waals surface area contributed by atoms with E-state index in [1.165, 1.54) is 24.3 Å². The zero-order valence-electron chi connectivity index (χ0n) is 19.5. The molecule has 0 N–H and O–H groups in total. The minimum Gasteiger partial charge on any atom is -0.454 e. The van der Waals surface area contributed by atoms with Crippen LogP contribution in [0.25, 0.3) is 0 Å². The van der Waals surface area contributed by atoms with E-state index in [0.717, 1.165) is 27.9 Å². The highest BCUT2D eigenvalue weighted by Gasteiger charge is 2.30. The molecule has 1 saturated heterocycles. The molecule has 0 atom stereocenters. The van der Waals surface area contributed by atoms with Crippen LogP contribution in [0.15, 0.2) is 77.7 Å². The van der Waals surface area contributed by atoms with Crippen LogP contribution in [0.3, 0.4) is 0 Å². The molecule has 0 bridgehead atoms. The predicted molar refractivity (Wildman–Crippen MR) is 137 cm³/mol. The molecule has 0 aromatic heterocycles. The number of hydrogen-bond acceptors (Lipinski definition) is 6. The van der Waals surface area contributed by atoms with Crippen molar-refractivity contribution in [1.29, 1.82) is 0 Å². The van der Waals surface area contributed by atoms with Gasteiger partial charge >= 0.3 is 0 Å². The second-order valence-electron chi connectivity index (χ2n) is 8.65. The van der Waals surface area contributed by atoms with Crippen molar-refractivity contribution >= 4 is 33.2 Å². The van der Waals surface area contributed by atoms with Crippen LogP contribution >= 0.6 is 11.6 Å². The van der Waals surface area contributed by atoms with Gasteiger partial charge in [-0.15, -0.1) is 0 Å². The number of hydrogen-bond donors (Lipinski definition) is 0. The topological polar surface area (TPSA) is 79.4 Å². The van der Waals surface area contributed by atoms with Crippen molar-refractivity contribution in [2.45, 2.75) is 11.4 Å². The summed E-state index contributed by atoms with van der Waals surface area (Å²) in [5, 5.41) is 0.440. The van der Waals surface area contributed by atoms with Crippen molar-refractivity contribution in [3.63, 3.8) is 0 Å². The summed E-state index contributed by atoms with van der Waals surface area (Å²) >= 11 is 5.95. The summed E-state index contributed by atoms with van der Waals surface area (Å²) in [6.07, 6.45) is 0. The van der Waals surface area contributed by atoms with E-state index in [9.17, 15) is 13.2 Å². The van der Waals surface area contributed by atoms with Crippen LogP contribution < -0.4 is 13.8 Å². The number of halogens is 1. The Morgan fingerprint density at radius 1 is 0.889 bits per heavy atom. The lowest BCUT2D eigenvalue weighted by molar-refractivity contribution is -0.131. The fourth-order valence-electron chi connectivity index (χ4n) is 4.32. The maximum atomic E-state index is 13.5. The SMILES string of the molecule is O=C(CN(c1ccccc1)S(=O)(=O)c1ccc(Cl)cc1)N1CCN(Cc2ccc3c(c2)OCO3)CC1. The van der Waals surface area contributed by atoms with Crippen molar-refractivity contribution in [3.8, 4) is 11.5 Å². The van der Waals surface area contributed by atoms with Crippen LogP contribution in [0, 0.1) is 0 Å². The maximum absolute atomic E-state index is 13.5. The Balaban J connectivity index is 1.25. The molecule has 36 heavy (non-hydrogen) atoms. The van der Waals surface area contributed by atoms with Crippen LogP contribution in [-0.4, -0.2) is 63.6 Å². The lowest BCUT2D eigenvalue weighted by atomic mass is 10.1. The number of rotatable bonds is 7. The molecule has 188 valence electrons. The minimum atomic E-state index is -3.97. The van der Waals surface area contributed by atoms with Gasteiger partial charge in [-0.1, -0.05) is 35.9 Å². The highest BCUT2D eigenvalue weighted by molar-refractivity contribution is 7.92. The number of benzene rings is 3. The molecule has 3 aromatic carbocycles. The first kappa shape index (κ1) is 24.4. The third-order valence-electron chi connectivity index (χ3n) is 6.29. The molecule has 2 aliphatic rings. The average molecular weight is 528 g/mol. The third kappa shape index (κ3) is 5.28. The van der Waals surface area contributed by atoms with Crippen LogP contribution in [0.5, 0.6) is 11.5 Å². The number of piperazine rings is 1. The summed E-state index contributed by atoms with van der Waals surface area (Å²) in [5.41, 5.74) is 1.55. The predicted octanol–water partition coefficient (Wildman–Crippen LogP) is 3.61. The van der Waals surface area contributed by atoms with Gasteiger partial charge in [0.2, 0.25) is 12.7 Å². The van der Waals surface area contributed by atoms with Gasteiger partial charge in [0.25, 0.3) is 10.0 Å². The quantitative estimate of drug-likeness (QED) is 0.467. The molecule has 2 heterocycles. The van der Waals surface area contributed by atoms with Crippen LogP contribution in [0.1, 0.15) is 5.56 Å². The molecule has 2 aliphatic heterocycles. The first-order valence-corrected chi connectivity index (χ1v) is 13.4. The molecule has 8 nitrogen and oxygen atoms in total. The number of sulfonamides is 1. The normalized spacial score (nSPS) is 15.6. The maximum Gasteiger partial charge on any atom is 0.264 e. The number of para-hydroxylation sites is 1. The van der Waals surface area contributed by atoms with Crippen molar-refractivity contribution < 1.29 is 22.7 Å². The zero-order valence-corrected chi connectivity index (χ0v) is 21.1. The van der Waals surface area contributed by atoms with Gasteiger partial charge in [0.1, 0.15) is 6.54 Å². The van der Waals surface area contributed by atoms with Gasteiger partial charge in [0.15, 0.2) is 11.5 Å². The van der Waals surface area contributed by atoms with Crippen LogP contribution in [0.2, 0.25) is 5.02 Å². The molecule has 0 radical (unpaired) electrons. The zero-order chi connectivity index (χ0) is 25.1. The second-order valence-corrected chi connectivity index (χ2v) is 10.9.